The summed E-state index contributed by atoms with van der Waals surface area (Å²) in [7, 11) is -3.65. The molecule has 0 radical (unpaired) electrons. The molecule has 8 heteroatoms. The molecular formula is C21H27N3O4S. The summed E-state index contributed by atoms with van der Waals surface area (Å²) in [4.78, 5) is 27.8. The van der Waals surface area contributed by atoms with Crippen LogP contribution in [0.4, 0.5) is 0 Å². The molecule has 0 bridgehead atoms. The van der Waals surface area contributed by atoms with E-state index in [4.69, 9.17) is 0 Å². The van der Waals surface area contributed by atoms with Gasteiger partial charge in [0.2, 0.25) is 15.6 Å². The molecule has 2 fully saturated rings. The molecule has 1 aromatic heterocycles. The average Bonchev–Trinajstić information content (AvgIpc) is 3.20. The van der Waals surface area contributed by atoms with Crippen LogP contribution in [0, 0.1) is 5.92 Å². The van der Waals surface area contributed by atoms with Crippen molar-refractivity contribution >= 4 is 26.8 Å². The molecule has 1 saturated carbocycles. The molecule has 2 heterocycles. The Kier molecular flexibility index (Phi) is 5.48. The normalized spacial score (nSPS) is 21.5. The summed E-state index contributed by atoms with van der Waals surface area (Å²) in [6, 6.07) is 5.96. The molecule has 7 nitrogen and oxygen atoms in total. The Morgan fingerprint density at radius 3 is 2.62 bits per heavy atom. The minimum Gasteiger partial charge on any atom is -0.349 e. The number of aromatic amines is 1. The molecule has 0 unspecified atom stereocenters. The van der Waals surface area contributed by atoms with Gasteiger partial charge in [0.15, 0.2) is 0 Å². The number of nitrogens with zero attached hydrogens (tertiary/aromatic N) is 1. The van der Waals surface area contributed by atoms with Crippen LogP contribution in [0.25, 0.3) is 10.9 Å². The molecule has 2 aliphatic rings. The van der Waals surface area contributed by atoms with Gasteiger partial charge in [-0.25, -0.2) is 8.42 Å². The number of carbonyl (C=O) groups is 1. The number of aromatic nitrogens is 1. The number of sulfonamides is 1. The highest BCUT2D eigenvalue weighted by Gasteiger charge is 2.29. The lowest BCUT2D eigenvalue weighted by molar-refractivity contribution is 0.0939. The second-order valence-electron chi connectivity index (χ2n) is 8.32. The van der Waals surface area contributed by atoms with E-state index in [0.717, 1.165) is 38.5 Å². The second kappa shape index (κ2) is 7.91. The Labute approximate surface area is 170 Å². The standard InChI is InChI=1S/C21H27N3O4S/c1-14-5-4-10-24(13-14)29(27,28)16-8-9-19-17(11-16)18(12-20(25)23-19)21(26)22-15-6-2-3-7-15/h8-9,11-12,14-15H,2-7,10,13H2,1H3,(H,22,26)(H,23,25)/t14-/m1/s1. The number of nitrogens with one attached hydrogen (secondary N) is 2. The number of hydrogen-bond acceptors (Lipinski definition) is 4. The molecule has 29 heavy (non-hydrogen) atoms. The van der Waals surface area contributed by atoms with Crippen LogP contribution in [0.1, 0.15) is 55.8 Å². The van der Waals surface area contributed by atoms with Crippen LogP contribution in [0.2, 0.25) is 0 Å². The van der Waals surface area contributed by atoms with E-state index in [0.29, 0.717) is 29.9 Å². The van der Waals surface area contributed by atoms with Crippen LogP contribution in [0.5, 0.6) is 0 Å². The highest BCUT2D eigenvalue weighted by Crippen LogP contribution is 2.27. The van der Waals surface area contributed by atoms with E-state index in [2.05, 4.69) is 17.2 Å². The molecule has 1 amide bonds. The van der Waals surface area contributed by atoms with E-state index in [-0.39, 0.29) is 28.0 Å². The molecule has 2 N–H and O–H groups in total. The van der Waals surface area contributed by atoms with E-state index < -0.39 is 10.0 Å². The molecular weight excluding hydrogens is 390 g/mol. The molecule has 1 atom stereocenters. The van der Waals surface area contributed by atoms with E-state index in [1.807, 2.05) is 0 Å². The third-order valence-electron chi connectivity index (χ3n) is 6.01. The van der Waals surface area contributed by atoms with Gasteiger partial charge >= 0.3 is 0 Å². The van der Waals surface area contributed by atoms with Crippen LogP contribution >= 0.6 is 0 Å². The Balaban J connectivity index is 1.73. The lowest BCUT2D eigenvalue weighted by atomic mass is 10.0. The van der Waals surface area contributed by atoms with Crippen molar-refractivity contribution in [3.8, 4) is 0 Å². The van der Waals surface area contributed by atoms with Crippen molar-refractivity contribution in [1.29, 1.82) is 0 Å². The van der Waals surface area contributed by atoms with Gasteiger partial charge in [0.25, 0.3) is 5.91 Å². The third kappa shape index (κ3) is 4.09. The first-order valence-corrected chi connectivity index (χ1v) is 11.8. The number of benzene rings is 1. The van der Waals surface area contributed by atoms with E-state index in [9.17, 15) is 18.0 Å². The van der Waals surface area contributed by atoms with Gasteiger partial charge in [0, 0.05) is 36.1 Å². The van der Waals surface area contributed by atoms with Crippen molar-refractivity contribution in [1.82, 2.24) is 14.6 Å². The summed E-state index contributed by atoms with van der Waals surface area (Å²) in [6.45, 7) is 3.06. The van der Waals surface area contributed by atoms with Crippen LogP contribution in [-0.4, -0.2) is 42.7 Å². The highest BCUT2D eigenvalue weighted by molar-refractivity contribution is 7.89. The van der Waals surface area contributed by atoms with Gasteiger partial charge < -0.3 is 10.3 Å². The molecule has 4 rings (SSSR count). The Morgan fingerprint density at radius 2 is 1.90 bits per heavy atom. The molecule has 156 valence electrons. The van der Waals surface area contributed by atoms with Crippen molar-refractivity contribution < 1.29 is 13.2 Å². The summed E-state index contributed by atoms with van der Waals surface area (Å²) in [5.41, 5.74) is 0.300. The van der Waals surface area contributed by atoms with E-state index >= 15 is 0 Å². The first-order chi connectivity index (χ1) is 13.8. The Bertz CT molecular complexity index is 1090. The molecule has 1 aromatic carbocycles. The maximum absolute atomic E-state index is 13.2. The third-order valence-corrected chi connectivity index (χ3v) is 7.87. The maximum atomic E-state index is 13.2. The monoisotopic (exact) mass is 417 g/mol. The van der Waals surface area contributed by atoms with Crippen LogP contribution in [0.3, 0.4) is 0 Å². The van der Waals surface area contributed by atoms with Gasteiger partial charge in [-0.05, 0) is 49.8 Å². The number of hydrogen-bond donors (Lipinski definition) is 2. The fourth-order valence-corrected chi connectivity index (χ4v) is 6.05. The van der Waals surface area contributed by atoms with Crippen molar-refractivity contribution in [3.05, 3.63) is 40.2 Å². The molecule has 1 saturated heterocycles. The summed E-state index contributed by atoms with van der Waals surface area (Å²) < 4.78 is 27.8. The largest absolute Gasteiger partial charge is 0.349 e. The van der Waals surface area contributed by atoms with Gasteiger partial charge in [-0.2, -0.15) is 4.31 Å². The second-order valence-corrected chi connectivity index (χ2v) is 10.3. The number of piperidine rings is 1. The molecule has 0 spiro atoms. The Hall–Kier alpha value is -2.19. The van der Waals surface area contributed by atoms with Crippen LogP contribution in [0.15, 0.2) is 34.0 Å². The van der Waals surface area contributed by atoms with E-state index in [1.165, 1.54) is 22.5 Å². The van der Waals surface area contributed by atoms with Crippen molar-refractivity contribution in [2.24, 2.45) is 5.92 Å². The summed E-state index contributed by atoms with van der Waals surface area (Å²) in [5, 5.41) is 3.44. The topological polar surface area (TPSA) is 99.3 Å². The molecule has 1 aliphatic carbocycles. The summed E-state index contributed by atoms with van der Waals surface area (Å²) >= 11 is 0. The lowest BCUT2D eigenvalue weighted by Crippen LogP contribution is -2.39. The van der Waals surface area contributed by atoms with Gasteiger partial charge in [-0.3, -0.25) is 9.59 Å². The van der Waals surface area contributed by atoms with E-state index in [1.54, 1.807) is 6.07 Å². The van der Waals surface area contributed by atoms with Gasteiger partial charge in [0.1, 0.15) is 0 Å². The zero-order chi connectivity index (χ0) is 20.6. The van der Waals surface area contributed by atoms with Gasteiger partial charge in [0.05, 0.1) is 10.5 Å². The van der Waals surface area contributed by atoms with Crippen molar-refractivity contribution in [3.63, 3.8) is 0 Å². The fraction of sp³-hybridized carbons (Fsp3) is 0.524. The summed E-state index contributed by atoms with van der Waals surface area (Å²) in [6.07, 6.45) is 5.89. The number of H-pyrrole nitrogens is 1. The van der Waals surface area contributed by atoms with Crippen molar-refractivity contribution in [2.45, 2.75) is 56.4 Å². The first-order valence-electron chi connectivity index (χ1n) is 10.3. The molecule has 1 aliphatic heterocycles. The minimum absolute atomic E-state index is 0.110. The highest BCUT2D eigenvalue weighted by atomic mass is 32.2. The minimum atomic E-state index is -3.65. The summed E-state index contributed by atoms with van der Waals surface area (Å²) in [5.74, 6) is -0.00257. The van der Waals surface area contributed by atoms with Gasteiger partial charge in [-0.15, -0.1) is 0 Å². The Morgan fingerprint density at radius 1 is 1.14 bits per heavy atom. The predicted molar refractivity (Wildman–Crippen MR) is 111 cm³/mol. The predicted octanol–water partition coefficient (Wildman–Crippen LogP) is 2.62. The SMILES string of the molecule is C[C@@H]1CCCN(S(=O)(=O)c2ccc3[nH]c(=O)cc(C(=O)NC4CCCC4)c3c2)C1. The fourth-order valence-electron chi connectivity index (χ4n) is 4.43. The molecule has 2 aromatic rings. The van der Waals surface area contributed by atoms with Gasteiger partial charge in [-0.1, -0.05) is 19.8 Å². The van der Waals surface area contributed by atoms with Crippen LogP contribution in [-0.2, 0) is 10.0 Å². The van der Waals surface area contributed by atoms with Crippen molar-refractivity contribution in [2.75, 3.05) is 13.1 Å². The zero-order valence-electron chi connectivity index (χ0n) is 16.6. The number of fused-ring (bicyclic) bond motifs is 1. The smallest absolute Gasteiger partial charge is 0.252 e. The maximum Gasteiger partial charge on any atom is 0.252 e. The quantitative estimate of drug-likeness (QED) is 0.799. The van der Waals surface area contributed by atoms with Crippen LogP contribution < -0.4 is 10.9 Å². The number of amides is 1. The first kappa shape index (κ1) is 20.1. The lowest BCUT2D eigenvalue weighted by Gasteiger charge is -2.30. The number of pyridine rings is 1. The average molecular weight is 418 g/mol. The zero-order valence-corrected chi connectivity index (χ0v) is 17.4. The number of rotatable bonds is 4. The number of carbonyl (C=O) groups excluding carboxylic acids is 1.